The van der Waals surface area contributed by atoms with Crippen LogP contribution >= 0.6 is 0 Å². The lowest BCUT2D eigenvalue weighted by molar-refractivity contribution is 0.492. The molecule has 0 aliphatic carbocycles. The summed E-state index contributed by atoms with van der Waals surface area (Å²) in [6, 6.07) is 9.04. The zero-order valence-electron chi connectivity index (χ0n) is 11.5. The lowest BCUT2D eigenvalue weighted by Gasteiger charge is -2.19. The maximum Gasteiger partial charge on any atom is 0.0346 e. The summed E-state index contributed by atoms with van der Waals surface area (Å²) in [7, 11) is 0. The van der Waals surface area contributed by atoms with Crippen LogP contribution in [0.1, 0.15) is 38.7 Å². The fraction of sp³-hybridized carbons (Fsp3) is 0.438. The molecule has 0 fully saturated rings. The van der Waals surface area contributed by atoms with Crippen molar-refractivity contribution in [3.05, 3.63) is 42.2 Å². The first-order chi connectivity index (χ1) is 8.72. The molecule has 96 valence electrons. The highest BCUT2D eigenvalue weighted by Crippen LogP contribution is 2.27. The quantitative estimate of drug-likeness (QED) is 0.864. The minimum absolute atomic E-state index is 0.526. The largest absolute Gasteiger partial charge is 0.315 e. The van der Waals surface area contributed by atoms with Crippen LogP contribution in [0, 0.1) is 0 Å². The van der Waals surface area contributed by atoms with Crippen molar-refractivity contribution < 1.29 is 0 Å². The fourth-order valence-electron chi connectivity index (χ4n) is 2.62. The number of hydrogen-bond acceptors (Lipinski definition) is 2. The smallest absolute Gasteiger partial charge is 0.0346 e. The Kier molecular flexibility index (Phi) is 4.32. The second kappa shape index (κ2) is 5.96. The van der Waals surface area contributed by atoms with Crippen LogP contribution in [0.4, 0.5) is 0 Å². The first-order valence-electron chi connectivity index (χ1n) is 6.78. The number of nitrogens with one attached hydrogen (secondary N) is 1. The number of nitrogens with zero attached hydrogens (tertiary/aromatic N) is 1. The van der Waals surface area contributed by atoms with Gasteiger partial charge in [-0.3, -0.25) is 4.98 Å². The number of rotatable bonds is 5. The van der Waals surface area contributed by atoms with Gasteiger partial charge in [-0.05, 0) is 36.8 Å². The molecule has 2 nitrogen and oxygen atoms in total. The molecular weight excluding hydrogens is 220 g/mol. The topological polar surface area (TPSA) is 24.9 Å². The summed E-state index contributed by atoms with van der Waals surface area (Å²) in [5.74, 6) is 0.526. The number of hydrogen-bond donors (Lipinski definition) is 1. The Morgan fingerprint density at radius 1 is 1.17 bits per heavy atom. The Morgan fingerprint density at radius 3 is 2.72 bits per heavy atom. The van der Waals surface area contributed by atoms with Crippen molar-refractivity contribution in [3.63, 3.8) is 0 Å². The molecule has 0 bridgehead atoms. The van der Waals surface area contributed by atoms with Crippen molar-refractivity contribution in [2.24, 2.45) is 0 Å². The molecule has 2 heteroatoms. The summed E-state index contributed by atoms with van der Waals surface area (Å²) in [5, 5.41) is 6.04. The van der Waals surface area contributed by atoms with Crippen molar-refractivity contribution in [1.29, 1.82) is 0 Å². The molecule has 2 aromatic rings. The van der Waals surface area contributed by atoms with Crippen molar-refractivity contribution in [2.75, 3.05) is 6.54 Å². The van der Waals surface area contributed by atoms with Gasteiger partial charge in [0.05, 0.1) is 0 Å². The summed E-state index contributed by atoms with van der Waals surface area (Å²) in [6.45, 7) is 7.72. The van der Waals surface area contributed by atoms with Crippen molar-refractivity contribution in [2.45, 2.75) is 39.2 Å². The second-order valence-corrected chi connectivity index (χ2v) is 5.05. The van der Waals surface area contributed by atoms with Crippen LogP contribution in [0.3, 0.4) is 0 Å². The summed E-state index contributed by atoms with van der Waals surface area (Å²) < 4.78 is 0. The molecule has 2 rings (SSSR count). The second-order valence-electron chi connectivity index (χ2n) is 5.05. The lowest BCUT2D eigenvalue weighted by atomic mass is 9.92. The fourth-order valence-corrected chi connectivity index (χ4v) is 2.62. The molecule has 1 heterocycles. The SMILES string of the molecule is CCNC(C)CC(C)c1cncc2ccccc12. The highest BCUT2D eigenvalue weighted by Gasteiger charge is 2.12. The van der Waals surface area contributed by atoms with Gasteiger partial charge in [-0.15, -0.1) is 0 Å². The van der Waals surface area contributed by atoms with E-state index >= 15 is 0 Å². The number of benzene rings is 1. The van der Waals surface area contributed by atoms with E-state index in [9.17, 15) is 0 Å². The average Bonchev–Trinajstić information content (AvgIpc) is 2.38. The minimum atomic E-state index is 0.526. The minimum Gasteiger partial charge on any atom is -0.315 e. The molecule has 2 unspecified atom stereocenters. The Hall–Kier alpha value is -1.41. The number of aromatic nitrogens is 1. The third-order valence-corrected chi connectivity index (χ3v) is 3.49. The Labute approximate surface area is 109 Å². The molecule has 1 N–H and O–H groups in total. The van der Waals surface area contributed by atoms with Crippen molar-refractivity contribution >= 4 is 10.8 Å². The molecule has 0 aliphatic heterocycles. The van der Waals surface area contributed by atoms with E-state index in [1.54, 1.807) is 0 Å². The van der Waals surface area contributed by atoms with Gasteiger partial charge in [-0.2, -0.15) is 0 Å². The van der Waals surface area contributed by atoms with Gasteiger partial charge < -0.3 is 5.32 Å². The van der Waals surface area contributed by atoms with Crippen LogP contribution in [0.15, 0.2) is 36.7 Å². The highest BCUT2D eigenvalue weighted by atomic mass is 14.9. The van der Waals surface area contributed by atoms with Gasteiger partial charge in [-0.1, -0.05) is 38.1 Å². The van der Waals surface area contributed by atoms with Crippen LogP contribution in [0.25, 0.3) is 10.8 Å². The van der Waals surface area contributed by atoms with E-state index in [4.69, 9.17) is 0 Å². The molecule has 0 saturated carbocycles. The van der Waals surface area contributed by atoms with Crippen molar-refractivity contribution in [1.82, 2.24) is 10.3 Å². The molecule has 0 amide bonds. The van der Waals surface area contributed by atoms with Crippen LogP contribution in [-0.4, -0.2) is 17.6 Å². The van der Waals surface area contributed by atoms with E-state index in [0.717, 1.165) is 13.0 Å². The van der Waals surface area contributed by atoms with Crippen LogP contribution < -0.4 is 5.32 Å². The van der Waals surface area contributed by atoms with Crippen LogP contribution in [-0.2, 0) is 0 Å². The summed E-state index contributed by atoms with van der Waals surface area (Å²) in [6.07, 6.45) is 5.11. The zero-order chi connectivity index (χ0) is 13.0. The van der Waals surface area contributed by atoms with Crippen LogP contribution in [0.2, 0.25) is 0 Å². The van der Waals surface area contributed by atoms with Gasteiger partial charge in [0.2, 0.25) is 0 Å². The number of pyridine rings is 1. The molecule has 18 heavy (non-hydrogen) atoms. The zero-order valence-corrected chi connectivity index (χ0v) is 11.5. The highest BCUT2D eigenvalue weighted by molar-refractivity contribution is 5.85. The molecule has 1 aromatic heterocycles. The third-order valence-electron chi connectivity index (χ3n) is 3.49. The van der Waals surface area contributed by atoms with Crippen molar-refractivity contribution in [3.8, 4) is 0 Å². The van der Waals surface area contributed by atoms with Gasteiger partial charge in [0, 0.05) is 23.8 Å². The monoisotopic (exact) mass is 242 g/mol. The lowest BCUT2D eigenvalue weighted by Crippen LogP contribution is -2.27. The average molecular weight is 242 g/mol. The van der Waals surface area contributed by atoms with E-state index in [0.29, 0.717) is 12.0 Å². The molecule has 0 saturated heterocycles. The molecule has 1 aromatic carbocycles. The Morgan fingerprint density at radius 2 is 1.94 bits per heavy atom. The molecule has 2 atom stereocenters. The van der Waals surface area contributed by atoms with Gasteiger partial charge in [0.1, 0.15) is 0 Å². The van der Waals surface area contributed by atoms with Gasteiger partial charge >= 0.3 is 0 Å². The normalized spacial score (nSPS) is 14.6. The summed E-state index contributed by atoms with van der Waals surface area (Å²) >= 11 is 0. The maximum absolute atomic E-state index is 4.37. The van der Waals surface area contributed by atoms with E-state index in [1.807, 2.05) is 12.4 Å². The Balaban J connectivity index is 2.24. The molecule has 0 radical (unpaired) electrons. The van der Waals surface area contributed by atoms with E-state index in [-0.39, 0.29) is 0 Å². The maximum atomic E-state index is 4.37. The van der Waals surface area contributed by atoms with Crippen LogP contribution in [0.5, 0.6) is 0 Å². The Bertz CT molecular complexity index is 502. The van der Waals surface area contributed by atoms with Gasteiger partial charge in [0.25, 0.3) is 0 Å². The third kappa shape index (κ3) is 2.88. The first-order valence-corrected chi connectivity index (χ1v) is 6.78. The predicted octanol–water partition coefficient (Wildman–Crippen LogP) is 3.73. The summed E-state index contributed by atoms with van der Waals surface area (Å²) in [4.78, 5) is 4.37. The van der Waals surface area contributed by atoms with E-state index in [2.05, 4.69) is 55.3 Å². The summed E-state index contributed by atoms with van der Waals surface area (Å²) in [5.41, 5.74) is 1.36. The molecular formula is C16H22N2. The van der Waals surface area contributed by atoms with E-state index in [1.165, 1.54) is 16.3 Å². The standard InChI is InChI=1S/C16H22N2/c1-4-18-13(3)9-12(2)16-11-17-10-14-7-5-6-8-15(14)16/h5-8,10-13,18H,4,9H2,1-3H3. The van der Waals surface area contributed by atoms with Gasteiger partial charge in [0.15, 0.2) is 0 Å². The number of fused-ring (bicyclic) bond motifs is 1. The van der Waals surface area contributed by atoms with Gasteiger partial charge in [-0.25, -0.2) is 0 Å². The molecule has 0 spiro atoms. The predicted molar refractivity (Wildman–Crippen MR) is 77.9 cm³/mol. The van der Waals surface area contributed by atoms with E-state index < -0.39 is 0 Å². The first kappa shape index (κ1) is 13.0. The molecule has 0 aliphatic rings.